The minimum atomic E-state index is -0.328. The molecule has 1 aromatic rings. The van der Waals surface area contributed by atoms with Crippen molar-refractivity contribution in [3.05, 3.63) is 35.1 Å². The van der Waals surface area contributed by atoms with E-state index >= 15 is 0 Å². The molecule has 0 saturated carbocycles. The first-order chi connectivity index (χ1) is 9.56. The van der Waals surface area contributed by atoms with Crippen LogP contribution in [0.2, 0.25) is 0 Å². The summed E-state index contributed by atoms with van der Waals surface area (Å²) in [5.74, 6) is -0.182. The van der Waals surface area contributed by atoms with E-state index in [1.807, 2.05) is 13.0 Å². The van der Waals surface area contributed by atoms with Crippen LogP contribution in [0.4, 0.5) is 9.18 Å². The van der Waals surface area contributed by atoms with Crippen LogP contribution in [-0.4, -0.2) is 36.6 Å². The average Bonchev–Trinajstić information content (AvgIpc) is 2.42. The molecule has 3 N–H and O–H groups in total. The van der Waals surface area contributed by atoms with Crippen molar-refractivity contribution in [2.24, 2.45) is 5.73 Å². The van der Waals surface area contributed by atoms with Crippen molar-refractivity contribution in [2.75, 3.05) is 19.6 Å². The smallest absolute Gasteiger partial charge is 0.314 e. The van der Waals surface area contributed by atoms with E-state index in [0.29, 0.717) is 6.04 Å². The summed E-state index contributed by atoms with van der Waals surface area (Å²) in [6.45, 7) is 4.25. The van der Waals surface area contributed by atoms with Crippen molar-refractivity contribution in [3.63, 3.8) is 0 Å². The van der Waals surface area contributed by atoms with Gasteiger partial charge in [0.25, 0.3) is 0 Å². The normalized spacial score (nSPS) is 16.4. The Bertz CT molecular complexity index is 470. The maximum absolute atomic E-state index is 13.0. The number of hydrogen-bond acceptors (Lipinski definition) is 2. The van der Waals surface area contributed by atoms with Crippen LogP contribution in [0.3, 0.4) is 0 Å². The number of carbonyl (C=O) groups is 1. The topological polar surface area (TPSA) is 58.4 Å². The molecule has 110 valence electrons. The fraction of sp³-hybridized carbons (Fsp3) is 0.533. The van der Waals surface area contributed by atoms with Gasteiger partial charge >= 0.3 is 6.03 Å². The molecule has 2 rings (SSSR count). The van der Waals surface area contributed by atoms with E-state index in [-0.39, 0.29) is 11.8 Å². The molecule has 0 atom stereocenters. The van der Waals surface area contributed by atoms with Crippen LogP contribution in [0.1, 0.15) is 24.0 Å². The molecular weight excluding hydrogens is 257 g/mol. The Kier molecular flexibility index (Phi) is 4.95. The number of hydrogen-bond donors (Lipinski definition) is 2. The van der Waals surface area contributed by atoms with Crippen LogP contribution in [0.15, 0.2) is 18.2 Å². The molecule has 1 saturated heterocycles. The largest absolute Gasteiger partial charge is 0.351 e. The first kappa shape index (κ1) is 14.8. The lowest BCUT2D eigenvalue weighted by atomic mass is 10.0. The Morgan fingerprint density at radius 3 is 2.75 bits per heavy atom. The van der Waals surface area contributed by atoms with Crippen LogP contribution >= 0.6 is 0 Å². The summed E-state index contributed by atoms with van der Waals surface area (Å²) in [7, 11) is 0. The van der Waals surface area contributed by atoms with E-state index in [1.165, 1.54) is 11.6 Å². The molecule has 1 aliphatic rings. The van der Waals surface area contributed by atoms with Gasteiger partial charge in [0.05, 0.1) is 0 Å². The van der Waals surface area contributed by atoms with Crippen molar-refractivity contribution in [3.8, 4) is 0 Å². The Morgan fingerprint density at radius 2 is 2.15 bits per heavy atom. The molecule has 2 amide bonds. The quantitative estimate of drug-likeness (QED) is 0.883. The SMILES string of the molecule is Cc1cc(F)ccc1CCNC1CCN(C(N)=O)CC1. The molecule has 4 nitrogen and oxygen atoms in total. The van der Waals surface area contributed by atoms with Crippen LogP contribution < -0.4 is 11.1 Å². The van der Waals surface area contributed by atoms with Gasteiger partial charge in [-0.1, -0.05) is 6.07 Å². The predicted octanol–water partition coefficient (Wildman–Crippen LogP) is 1.81. The summed E-state index contributed by atoms with van der Waals surface area (Å²) in [6.07, 6.45) is 2.76. The molecule has 0 spiro atoms. The Hall–Kier alpha value is -1.62. The minimum absolute atomic E-state index is 0.182. The van der Waals surface area contributed by atoms with Gasteiger partial charge in [-0.25, -0.2) is 9.18 Å². The zero-order valence-corrected chi connectivity index (χ0v) is 11.9. The summed E-state index contributed by atoms with van der Waals surface area (Å²) in [6, 6.07) is 5.04. The fourth-order valence-electron chi connectivity index (χ4n) is 2.65. The van der Waals surface area contributed by atoms with E-state index in [4.69, 9.17) is 5.73 Å². The molecule has 1 fully saturated rings. The number of aryl methyl sites for hydroxylation is 1. The highest BCUT2D eigenvalue weighted by molar-refractivity contribution is 5.72. The number of piperidine rings is 1. The average molecular weight is 279 g/mol. The maximum Gasteiger partial charge on any atom is 0.314 e. The molecular formula is C15H22FN3O. The summed E-state index contributed by atoms with van der Waals surface area (Å²) in [5, 5.41) is 3.50. The summed E-state index contributed by atoms with van der Waals surface area (Å²) in [4.78, 5) is 12.7. The van der Waals surface area contributed by atoms with Gasteiger partial charge in [0.2, 0.25) is 0 Å². The third-order valence-electron chi connectivity index (χ3n) is 3.94. The number of nitrogens with one attached hydrogen (secondary N) is 1. The molecule has 0 aliphatic carbocycles. The van der Waals surface area contributed by atoms with Gasteiger partial charge in [-0.3, -0.25) is 0 Å². The van der Waals surface area contributed by atoms with Gasteiger partial charge in [0.15, 0.2) is 0 Å². The van der Waals surface area contributed by atoms with E-state index in [0.717, 1.165) is 44.5 Å². The lowest BCUT2D eigenvalue weighted by molar-refractivity contribution is 0.185. The van der Waals surface area contributed by atoms with Crippen LogP contribution in [0.25, 0.3) is 0 Å². The van der Waals surface area contributed by atoms with Gasteiger partial charge in [-0.2, -0.15) is 0 Å². The molecule has 0 aromatic heterocycles. The highest BCUT2D eigenvalue weighted by Crippen LogP contribution is 2.12. The standard InChI is InChI=1S/C15H22FN3O/c1-11-10-13(16)3-2-12(11)4-7-18-14-5-8-19(9-6-14)15(17)20/h2-3,10,14,18H,4-9H2,1H3,(H2,17,20). The van der Waals surface area contributed by atoms with Gasteiger partial charge in [0.1, 0.15) is 5.82 Å². The molecule has 1 heterocycles. The first-order valence-electron chi connectivity index (χ1n) is 7.09. The molecule has 1 aliphatic heterocycles. The third-order valence-corrected chi connectivity index (χ3v) is 3.94. The Balaban J connectivity index is 1.73. The molecule has 1 aromatic carbocycles. The zero-order chi connectivity index (χ0) is 14.5. The number of halogens is 1. The Labute approximate surface area is 119 Å². The second-order valence-electron chi connectivity index (χ2n) is 5.37. The second-order valence-corrected chi connectivity index (χ2v) is 5.37. The Morgan fingerprint density at radius 1 is 1.45 bits per heavy atom. The van der Waals surface area contributed by atoms with Crippen molar-refractivity contribution in [1.29, 1.82) is 0 Å². The predicted molar refractivity (Wildman–Crippen MR) is 77.0 cm³/mol. The second kappa shape index (κ2) is 6.70. The van der Waals surface area contributed by atoms with Crippen molar-refractivity contribution in [1.82, 2.24) is 10.2 Å². The lowest BCUT2D eigenvalue weighted by Gasteiger charge is -2.31. The van der Waals surface area contributed by atoms with E-state index in [2.05, 4.69) is 5.32 Å². The van der Waals surface area contributed by atoms with Crippen LogP contribution in [0.5, 0.6) is 0 Å². The highest BCUT2D eigenvalue weighted by Gasteiger charge is 2.20. The maximum atomic E-state index is 13.0. The third kappa shape index (κ3) is 3.93. The number of carbonyl (C=O) groups excluding carboxylic acids is 1. The monoisotopic (exact) mass is 279 g/mol. The van der Waals surface area contributed by atoms with Gasteiger partial charge in [-0.05, 0) is 56.0 Å². The number of nitrogens with zero attached hydrogens (tertiary/aromatic N) is 1. The van der Waals surface area contributed by atoms with Crippen molar-refractivity contribution < 1.29 is 9.18 Å². The van der Waals surface area contributed by atoms with Gasteiger partial charge in [0, 0.05) is 19.1 Å². The van der Waals surface area contributed by atoms with Crippen molar-refractivity contribution in [2.45, 2.75) is 32.2 Å². The summed E-state index contributed by atoms with van der Waals surface area (Å²) >= 11 is 0. The number of benzene rings is 1. The number of amides is 2. The lowest BCUT2D eigenvalue weighted by Crippen LogP contribution is -2.47. The van der Waals surface area contributed by atoms with Crippen LogP contribution in [0, 0.1) is 12.7 Å². The number of primary amides is 1. The van der Waals surface area contributed by atoms with E-state index in [1.54, 1.807) is 11.0 Å². The number of urea groups is 1. The number of nitrogens with two attached hydrogens (primary N) is 1. The summed E-state index contributed by atoms with van der Waals surface area (Å²) in [5.41, 5.74) is 7.42. The number of rotatable bonds is 4. The number of likely N-dealkylation sites (tertiary alicyclic amines) is 1. The highest BCUT2D eigenvalue weighted by atomic mass is 19.1. The molecule has 0 unspecified atom stereocenters. The first-order valence-corrected chi connectivity index (χ1v) is 7.09. The van der Waals surface area contributed by atoms with E-state index < -0.39 is 0 Å². The molecule has 20 heavy (non-hydrogen) atoms. The molecule has 0 radical (unpaired) electrons. The molecule has 5 heteroatoms. The van der Waals surface area contributed by atoms with E-state index in [9.17, 15) is 9.18 Å². The summed E-state index contributed by atoms with van der Waals surface area (Å²) < 4.78 is 13.0. The zero-order valence-electron chi connectivity index (χ0n) is 11.9. The van der Waals surface area contributed by atoms with Gasteiger partial charge < -0.3 is 16.0 Å². The van der Waals surface area contributed by atoms with Crippen molar-refractivity contribution >= 4 is 6.03 Å². The van der Waals surface area contributed by atoms with Crippen LogP contribution in [-0.2, 0) is 6.42 Å². The minimum Gasteiger partial charge on any atom is -0.351 e. The fourth-order valence-corrected chi connectivity index (χ4v) is 2.65. The van der Waals surface area contributed by atoms with Gasteiger partial charge in [-0.15, -0.1) is 0 Å². The molecule has 0 bridgehead atoms.